The molecule has 1 atom stereocenters. The average molecular weight is 195 g/mol. The van der Waals surface area contributed by atoms with Crippen molar-refractivity contribution in [1.82, 2.24) is 9.78 Å². The summed E-state index contributed by atoms with van der Waals surface area (Å²) in [5.74, 6) is 0.493. The highest BCUT2D eigenvalue weighted by Gasteiger charge is 2.27. The van der Waals surface area contributed by atoms with Crippen molar-refractivity contribution in [3.8, 4) is 0 Å². The first-order valence-corrected chi connectivity index (χ1v) is 5.24. The molecule has 0 aliphatic rings. The molecule has 1 aromatic heterocycles. The van der Waals surface area contributed by atoms with Gasteiger partial charge in [-0.2, -0.15) is 5.10 Å². The minimum Gasteiger partial charge on any atom is -0.325 e. The largest absolute Gasteiger partial charge is 0.325 e. The van der Waals surface area contributed by atoms with Gasteiger partial charge in [-0.05, 0) is 24.3 Å². The zero-order valence-electron chi connectivity index (χ0n) is 9.62. The summed E-state index contributed by atoms with van der Waals surface area (Å²) in [5.41, 5.74) is 7.48. The van der Waals surface area contributed by atoms with Crippen LogP contribution in [0.2, 0.25) is 0 Å². The van der Waals surface area contributed by atoms with Gasteiger partial charge in [0, 0.05) is 18.8 Å². The van der Waals surface area contributed by atoms with Crippen molar-refractivity contribution in [3.05, 3.63) is 18.0 Å². The standard InChI is InChI=1S/C11H21N3/c1-5-11(12,9(2)3)6-10-7-13-14(4)8-10/h7-9H,5-6,12H2,1-4H3. The van der Waals surface area contributed by atoms with Gasteiger partial charge in [-0.3, -0.25) is 4.68 Å². The van der Waals surface area contributed by atoms with Crippen LogP contribution >= 0.6 is 0 Å². The lowest BCUT2D eigenvalue weighted by atomic mass is 9.80. The topological polar surface area (TPSA) is 43.8 Å². The molecule has 0 aliphatic carbocycles. The molecule has 0 amide bonds. The Labute approximate surface area is 86.3 Å². The van der Waals surface area contributed by atoms with Crippen LogP contribution in [0.5, 0.6) is 0 Å². The summed E-state index contributed by atoms with van der Waals surface area (Å²) in [6.07, 6.45) is 5.86. The van der Waals surface area contributed by atoms with Crippen LogP contribution in [0.4, 0.5) is 0 Å². The number of aryl methyl sites for hydroxylation is 1. The highest BCUT2D eigenvalue weighted by Crippen LogP contribution is 2.22. The maximum Gasteiger partial charge on any atom is 0.0522 e. The van der Waals surface area contributed by atoms with Crippen molar-refractivity contribution in [1.29, 1.82) is 0 Å². The molecule has 0 saturated heterocycles. The van der Waals surface area contributed by atoms with Gasteiger partial charge in [0.05, 0.1) is 6.20 Å². The molecule has 1 heterocycles. The fraction of sp³-hybridized carbons (Fsp3) is 0.727. The lowest BCUT2D eigenvalue weighted by molar-refractivity contribution is 0.296. The second-order valence-electron chi connectivity index (χ2n) is 4.44. The molecule has 0 radical (unpaired) electrons. The second-order valence-corrected chi connectivity index (χ2v) is 4.44. The van der Waals surface area contributed by atoms with Gasteiger partial charge < -0.3 is 5.73 Å². The van der Waals surface area contributed by atoms with Crippen LogP contribution in [0.3, 0.4) is 0 Å². The fourth-order valence-electron chi connectivity index (χ4n) is 1.68. The van der Waals surface area contributed by atoms with E-state index in [4.69, 9.17) is 5.73 Å². The van der Waals surface area contributed by atoms with Gasteiger partial charge in [0.2, 0.25) is 0 Å². The molecule has 0 aliphatic heterocycles. The summed E-state index contributed by atoms with van der Waals surface area (Å²) >= 11 is 0. The predicted molar refractivity (Wildman–Crippen MR) is 59.0 cm³/mol. The summed E-state index contributed by atoms with van der Waals surface area (Å²) in [6.45, 7) is 6.51. The maximum atomic E-state index is 6.34. The lowest BCUT2D eigenvalue weighted by Crippen LogP contribution is -2.46. The minimum atomic E-state index is -0.0942. The van der Waals surface area contributed by atoms with Gasteiger partial charge >= 0.3 is 0 Å². The number of hydrogen-bond donors (Lipinski definition) is 1. The molecule has 0 bridgehead atoms. The normalized spacial score (nSPS) is 15.9. The first-order chi connectivity index (χ1) is 6.48. The number of nitrogens with two attached hydrogens (primary N) is 1. The molecule has 0 saturated carbocycles. The third-order valence-corrected chi connectivity index (χ3v) is 3.10. The van der Waals surface area contributed by atoms with Crippen LogP contribution < -0.4 is 5.73 Å². The number of rotatable bonds is 4. The monoisotopic (exact) mass is 195 g/mol. The van der Waals surface area contributed by atoms with Gasteiger partial charge in [-0.15, -0.1) is 0 Å². The van der Waals surface area contributed by atoms with Gasteiger partial charge in [-0.1, -0.05) is 20.8 Å². The molecule has 3 nitrogen and oxygen atoms in total. The third kappa shape index (κ3) is 2.35. The van der Waals surface area contributed by atoms with E-state index in [1.807, 2.05) is 24.1 Å². The first kappa shape index (κ1) is 11.2. The molecule has 0 fully saturated rings. The Hall–Kier alpha value is -0.830. The van der Waals surface area contributed by atoms with Crippen molar-refractivity contribution in [2.75, 3.05) is 0 Å². The number of aromatic nitrogens is 2. The van der Waals surface area contributed by atoms with Crippen molar-refractivity contribution in [3.63, 3.8) is 0 Å². The Morgan fingerprint density at radius 1 is 1.57 bits per heavy atom. The van der Waals surface area contributed by atoms with E-state index in [0.717, 1.165) is 12.8 Å². The zero-order valence-corrected chi connectivity index (χ0v) is 9.62. The molecular formula is C11H21N3. The Morgan fingerprint density at radius 3 is 2.57 bits per heavy atom. The zero-order chi connectivity index (χ0) is 10.8. The molecule has 2 N–H and O–H groups in total. The van der Waals surface area contributed by atoms with Gasteiger partial charge in [0.1, 0.15) is 0 Å². The molecule has 80 valence electrons. The van der Waals surface area contributed by atoms with E-state index in [0.29, 0.717) is 5.92 Å². The summed E-state index contributed by atoms with van der Waals surface area (Å²) in [4.78, 5) is 0. The summed E-state index contributed by atoms with van der Waals surface area (Å²) in [7, 11) is 1.93. The Bertz CT molecular complexity index is 290. The third-order valence-electron chi connectivity index (χ3n) is 3.10. The molecule has 14 heavy (non-hydrogen) atoms. The lowest BCUT2D eigenvalue weighted by Gasteiger charge is -2.32. The van der Waals surface area contributed by atoms with Gasteiger partial charge in [0.15, 0.2) is 0 Å². The van der Waals surface area contributed by atoms with Gasteiger partial charge in [0.25, 0.3) is 0 Å². The van der Waals surface area contributed by atoms with Crippen molar-refractivity contribution >= 4 is 0 Å². The molecule has 3 heteroatoms. The SMILES string of the molecule is CCC(N)(Cc1cnn(C)c1)C(C)C. The van der Waals surface area contributed by atoms with Crippen LogP contribution in [0.15, 0.2) is 12.4 Å². The van der Waals surface area contributed by atoms with E-state index in [-0.39, 0.29) is 5.54 Å². The van der Waals surface area contributed by atoms with Crippen molar-refractivity contribution < 1.29 is 0 Å². The van der Waals surface area contributed by atoms with Crippen molar-refractivity contribution in [2.24, 2.45) is 18.7 Å². The Balaban J connectivity index is 2.75. The Morgan fingerprint density at radius 2 is 2.21 bits per heavy atom. The highest BCUT2D eigenvalue weighted by atomic mass is 15.2. The summed E-state index contributed by atoms with van der Waals surface area (Å²) < 4.78 is 1.83. The summed E-state index contributed by atoms with van der Waals surface area (Å²) in [6, 6.07) is 0. The maximum absolute atomic E-state index is 6.34. The minimum absolute atomic E-state index is 0.0942. The predicted octanol–water partition coefficient (Wildman–Crippen LogP) is 1.73. The first-order valence-electron chi connectivity index (χ1n) is 5.24. The molecule has 0 spiro atoms. The molecular weight excluding hydrogens is 174 g/mol. The van der Waals surface area contributed by atoms with Crippen LogP contribution in [0, 0.1) is 5.92 Å². The van der Waals surface area contributed by atoms with Crippen LogP contribution in [0.1, 0.15) is 32.8 Å². The quantitative estimate of drug-likeness (QED) is 0.795. The fourth-order valence-corrected chi connectivity index (χ4v) is 1.68. The van der Waals surface area contributed by atoms with Crippen LogP contribution in [-0.2, 0) is 13.5 Å². The van der Waals surface area contributed by atoms with Gasteiger partial charge in [-0.25, -0.2) is 0 Å². The highest BCUT2D eigenvalue weighted by molar-refractivity contribution is 5.10. The van der Waals surface area contributed by atoms with E-state index < -0.39 is 0 Å². The smallest absolute Gasteiger partial charge is 0.0522 e. The average Bonchev–Trinajstić information content (AvgIpc) is 2.50. The van der Waals surface area contributed by atoms with Crippen LogP contribution in [-0.4, -0.2) is 15.3 Å². The molecule has 1 unspecified atom stereocenters. The van der Waals surface area contributed by atoms with E-state index in [1.165, 1.54) is 5.56 Å². The summed E-state index contributed by atoms with van der Waals surface area (Å²) in [5, 5.41) is 4.16. The molecule has 1 aromatic rings. The van der Waals surface area contributed by atoms with E-state index >= 15 is 0 Å². The van der Waals surface area contributed by atoms with E-state index in [9.17, 15) is 0 Å². The van der Waals surface area contributed by atoms with E-state index in [1.54, 1.807) is 0 Å². The number of nitrogens with zero attached hydrogens (tertiary/aromatic N) is 2. The van der Waals surface area contributed by atoms with E-state index in [2.05, 4.69) is 25.9 Å². The number of hydrogen-bond acceptors (Lipinski definition) is 2. The molecule has 0 aromatic carbocycles. The van der Waals surface area contributed by atoms with Crippen molar-refractivity contribution in [2.45, 2.75) is 39.2 Å². The Kier molecular flexibility index (Phi) is 3.32. The molecule has 1 rings (SSSR count). The van der Waals surface area contributed by atoms with Crippen LogP contribution in [0.25, 0.3) is 0 Å². The second kappa shape index (κ2) is 4.13.